The molecular formula is C24H23NO3. The number of methoxy groups -OCH3 is 3. The highest BCUT2D eigenvalue weighted by molar-refractivity contribution is 6.14. The number of ether oxygens (including phenoxy) is 3. The van der Waals surface area contributed by atoms with Crippen molar-refractivity contribution in [2.24, 2.45) is 4.99 Å². The maximum absolute atomic E-state index is 5.53. The van der Waals surface area contributed by atoms with Gasteiger partial charge in [0, 0.05) is 11.1 Å². The maximum Gasteiger partial charge on any atom is 0.161 e. The van der Waals surface area contributed by atoms with Gasteiger partial charge in [0.15, 0.2) is 11.5 Å². The molecule has 3 aromatic rings. The molecule has 142 valence electrons. The summed E-state index contributed by atoms with van der Waals surface area (Å²) in [6, 6.07) is 22.6. The summed E-state index contributed by atoms with van der Waals surface area (Å²) in [4.78, 5) is 5.13. The lowest BCUT2D eigenvalue weighted by Crippen LogP contribution is -2.17. The van der Waals surface area contributed by atoms with Gasteiger partial charge in [0.05, 0.1) is 33.1 Å². The minimum atomic E-state index is 0.0340. The molecule has 1 unspecified atom stereocenters. The van der Waals surface area contributed by atoms with Gasteiger partial charge in [0.25, 0.3) is 0 Å². The molecule has 4 heteroatoms. The fourth-order valence-corrected chi connectivity index (χ4v) is 3.63. The van der Waals surface area contributed by atoms with Crippen LogP contribution in [0, 0.1) is 0 Å². The number of nitrogens with zero attached hydrogens (tertiary/aromatic N) is 1. The van der Waals surface area contributed by atoms with Crippen molar-refractivity contribution in [2.75, 3.05) is 21.3 Å². The molecule has 0 saturated carbocycles. The van der Waals surface area contributed by atoms with Crippen LogP contribution in [-0.2, 0) is 6.42 Å². The standard InChI is InChI=1S/C24H23NO3/c1-26-19-11-9-16(10-12-19)21-13-18-14-22(27-2)23(28-3)15-20(18)24(25-21)17-7-5-4-6-8-17/h4-12,14-15,21H,13H2,1-3H3. The van der Waals surface area contributed by atoms with E-state index >= 15 is 0 Å². The van der Waals surface area contributed by atoms with Crippen LogP contribution in [-0.4, -0.2) is 27.0 Å². The molecule has 1 atom stereocenters. The van der Waals surface area contributed by atoms with E-state index in [4.69, 9.17) is 19.2 Å². The second-order valence-electron chi connectivity index (χ2n) is 6.70. The molecule has 0 amide bonds. The van der Waals surface area contributed by atoms with Crippen molar-refractivity contribution in [1.82, 2.24) is 0 Å². The van der Waals surface area contributed by atoms with E-state index in [1.54, 1.807) is 21.3 Å². The summed E-state index contributed by atoms with van der Waals surface area (Å²) in [6.45, 7) is 0. The van der Waals surface area contributed by atoms with Gasteiger partial charge in [-0.15, -0.1) is 0 Å². The Labute approximate surface area is 165 Å². The van der Waals surface area contributed by atoms with Crippen molar-refractivity contribution in [3.8, 4) is 17.2 Å². The van der Waals surface area contributed by atoms with E-state index in [0.29, 0.717) is 5.75 Å². The Kier molecular flexibility index (Phi) is 5.02. The van der Waals surface area contributed by atoms with Crippen molar-refractivity contribution < 1.29 is 14.2 Å². The molecule has 0 bridgehead atoms. The number of fused-ring (bicyclic) bond motifs is 1. The molecular weight excluding hydrogens is 350 g/mol. The normalized spacial score (nSPS) is 15.4. The van der Waals surface area contributed by atoms with Crippen molar-refractivity contribution in [3.63, 3.8) is 0 Å². The Morgan fingerprint density at radius 2 is 1.46 bits per heavy atom. The van der Waals surface area contributed by atoms with Gasteiger partial charge in [0.2, 0.25) is 0 Å². The van der Waals surface area contributed by atoms with E-state index < -0.39 is 0 Å². The third kappa shape index (κ3) is 3.33. The number of aliphatic imine (C=N–C) groups is 1. The predicted molar refractivity (Wildman–Crippen MR) is 111 cm³/mol. The van der Waals surface area contributed by atoms with Crippen LogP contribution >= 0.6 is 0 Å². The van der Waals surface area contributed by atoms with Crippen LogP contribution in [0.1, 0.15) is 28.3 Å². The zero-order valence-electron chi connectivity index (χ0n) is 16.3. The maximum atomic E-state index is 5.53. The second kappa shape index (κ2) is 7.77. The highest BCUT2D eigenvalue weighted by Gasteiger charge is 2.25. The first-order valence-electron chi connectivity index (χ1n) is 9.26. The number of benzene rings is 3. The lowest BCUT2D eigenvalue weighted by Gasteiger charge is -2.25. The zero-order valence-corrected chi connectivity index (χ0v) is 16.3. The van der Waals surface area contributed by atoms with Crippen LogP contribution in [0.3, 0.4) is 0 Å². The molecule has 0 N–H and O–H groups in total. The molecule has 0 aromatic heterocycles. The minimum Gasteiger partial charge on any atom is -0.497 e. The van der Waals surface area contributed by atoms with Crippen LogP contribution < -0.4 is 14.2 Å². The molecule has 1 aliphatic rings. The van der Waals surface area contributed by atoms with Crippen molar-refractivity contribution in [3.05, 3.63) is 89.0 Å². The molecule has 0 saturated heterocycles. The van der Waals surface area contributed by atoms with Crippen LogP contribution in [0.25, 0.3) is 0 Å². The van der Waals surface area contributed by atoms with Gasteiger partial charge >= 0.3 is 0 Å². The smallest absolute Gasteiger partial charge is 0.161 e. The summed E-state index contributed by atoms with van der Waals surface area (Å²) in [5, 5.41) is 0. The summed E-state index contributed by atoms with van der Waals surface area (Å²) in [5.41, 5.74) is 5.52. The molecule has 28 heavy (non-hydrogen) atoms. The topological polar surface area (TPSA) is 40.0 Å². The van der Waals surface area contributed by atoms with Crippen LogP contribution in [0.15, 0.2) is 71.7 Å². The Morgan fingerprint density at radius 3 is 2.11 bits per heavy atom. The fraction of sp³-hybridized carbons (Fsp3) is 0.208. The van der Waals surface area contributed by atoms with E-state index in [0.717, 1.165) is 40.3 Å². The minimum absolute atomic E-state index is 0.0340. The SMILES string of the molecule is COc1ccc(C2Cc3cc(OC)c(OC)cc3C(c3ccccc3)=N2)cc1. The molecule has 0 aliphatic carbocycles. The molecule has 4 rings (SSSR count). The quantitative estimate of drug-likeness (QED) is 0.642. The molecule has 0 spiro atoms. The van der Waals surface area contributed by atoms with Crippen molar-refractivity contribution >= 4 is 5.71 Å². The second-order valence-corrected chi connectivity index (χ2v) is 6.70. The first-order valence-corrected chi connectivity index (χ1v) is 9.26. The average Bonchev–Trinajstić information content (AvgIpc) is 2.78. The van der Waals surface area contributed by atoms with Crippen LogP contribution in [0.4, 0.5) is 0 Å². The number of rotatable bonds is 5. The van der Waals surface area contributed by atoms with E-state index in [1.807, 2.05) is 36.4 Å². The van der Waals surface area contributed by atoms with E-state index in [9.17, 15) is 0 Å². The Morgan fingerprint density at radius 1 is 0.786 bits per heavy atom. The first-order chi connectivity index (χ1) is 13.7. The average molecular weight is 373 g/mol. The van der Waals surface area contributed by atoms with Gasteiger partial charge in [-0.05, 0) is 41.8 Å². The fourth-order valence-electron chi connectivity index (χ4n) is 3.63. The van der Waals surface area contributed by atoms with Gasteiger partial charge in [-0.25, -0.2) is 0 Å². The molecule has 0 fully saturated rings. The Balaban J connectivity index is 1.85. The zero-order chi connectivity index (χ0) is 19.5. The summed E-state index contributed by atoms with van der Waals surface area (Å²) < 4.78 is 16.4. The molecule has 1 aliphatic heterocycles. The summed E-state index contributed by atoms with van der Waals surface area (Å²) in [7, 11) is 5.00. The molecule has 3 aromatic carbocycles. The molecule has 4 nitrogen and oxygen atoms in total. The van der Waals surface area contributed by atoms with Gasteiger partial charge in [0.1, 0.15) is 5.75 Å². The third-order valence-electron chi connectivity index (χ3n) is 5.11. The largest absolute Gasteiger partial charge is 0.497 e. The van der Waals surface area contributed by atoms with Crippen LogP contribution in [0.5, 0.6) is 17.2 Å². The lowest BCUT2D eigenvalue weighted by atomic mass is 9.87. The van der Waals surface area contributed by atoms with E-state index in [1.165, 1.54) is 5.56 Å². The Bertz CT molecular complexity index is 994. The van der Waals surface area contributed by atoms with Crippen molar-refractivity contribution in [2.45, 2.75) is 12.5 Å². The highest BCUT2D eigenvalue weighted by atomic mass is 16.5. The molecule has 1 heterocycles. The van der Waals surface area contributed by atoms with Gasteiger partial charge < -0.3 is 14.2 Å². The third-order valence-corrected chi connectivity index (χ3v) is 5.11. The van der Waals surface area contributed by atoms with Gasteiger partial charge in [-0.2, -0.15) is 0 Å². The molecule has 0 radical (unpaired) electrons. The summed E-state index contributed by atoms with van der Waals surface area (Å²) in [5.74, 6) is 2.30. The monoisotopic (exact) mass is 373 g/mol. The summed E-state index contributed by atoms with van der Waals surface area (Å²) >= 11 is 0. The lowest BCUT2D eigenvalue weighted by molar-refractivity contribution is 0.354. The van der Waals surface area contributed by atoms with E-state index in [-0.39, 0.29) is 6.04 Å². The van der Waals surface area contributed by atoms with Crippen LogP contribution in [0.2, 0.25) is 0 Å². The Hall–Kier alpha value is -3.27. The van der Waals surface area contributed by atoms with Gasteiger partial charge in [-0.1, -0.05) is 42.5 Å². The number of hydrogen-bond donors (Lipinski definition) is 0. The summed E-state index contributed by atoms with van der Waals surface area (Å²) in [6.07, 6.45) is 0.804. The predicted octanol–water partition coefficient (Wildman–Crippen LogP) is 4.85. The number of hydrogen-bond acceptors (Lipinski definition) is 4. The van der Waals surface area contributed by atoms with E-state index in [2.05, 4.69) is 30.3 Å². The van der Waals surface area contributed by atoms with Gasteiger partial charge in [-0.3, -0.25) is 4.99 Å². The first kappa shape index (κ1) is 18.1. The highest BCUT2D eigenvalue weighted by Crippen LogP contribution is 2.38. The van der Waals surface area contributed by atoms with Crippen molar-refractivity contribution in [1.29, 1.82) is 0 Å².